The number of anilines is 1. The predicted octanol–water partition coefficient (Wildman–Crippen LogP) is -0.0164. The summed E-state index contributed by atoms with van der Waals surface area (Å²) in [4.78, 5) is 0. The second-order valence-corrected chi connectivity index (χ2v) is 3.41. The number of hydrazine groups is 1. The Morgan fingerprint density at radius 1 is 1.44 bits per heavy atom. The molecule has 6 heteroatoms. The third-order valence-electron chi connectivity index (χ3n) is 1.62. The molecular formula is C10H16N6. The van der Waals surface area contributed by atoms with Crippen molar-refractivity contribution in [1.29, 1.82) is 0 Å². The largest absolute Gasteiger partial charge is 0.399 e. The van der Waals surface area contributed by atoms with E-state index in [0.29, 0.717) is 5.69 Å². The van der Waals surface area contributed by atoms with Gasteiger partial charge in [-0.1, -0.05) is 12.1 Å². The molecule has 0 radical (unpaired) electrons. The van der Waals surface area contributed by atoms with Gasteiger partial charge in [-0.25, -0.2) is 5.01 Å². The van der Waals surface area contributed by atoms with Crippen molar-refractivity contribution in [2.75, 3.05) is 19.8 Å². The van der Waals surface area contributed by atoms with E-state index in [-0.39, 0.29) is 5.96 Å². The highest BCUT2D eigenvalue weighted by Crippen LogP contribution is 2.03. The van der Waals surface area contributed by atoms with E-state index in [9.17, 15) is 0 Å². The highest BCUT2D eigenvalue weighted by molar-refractivity contribution is 5.82. The van der Waals surface area contributed by atoms with E-state index in [2.05, 4.69) is 15.6 Å². The van der Waals surface area contributed by atoms with Crippen LogP contribution in [0.15, 0.2) is 34.5 Å². The molecule has 0 bridgehead atoms. The maximum atomic E-state index is 5.61. The molecule has 16 heavy (non-hydrogen) atoms. The molecule has 0 fully saturated rings. The normalized spacial score (nSPS) is 12.3. The first-order valence-electron chi connectivity index (χ1n) is 4.74. The zero-order chi connectivity index (χ0) is 12.0. The van der Waals surface area contributed by atoms with E-state index in [1.54, 1.807) is 17.3 Å². The molecule has 0 aliphatic heterocycles. The highest BCUT2D eigenvalue weighted by atomic mass is 15.5. The van der Waals surface area contributed by atoms with Gasteiger partial charge < -0.3 is 11.5 Å². The number of nitrogens with two attached hydrogens (primary N) is 2. The van der Waals surface area contributed by atoms with Gasteiger partial charge in [-0.05, 0) is 17.7 Å². The molecule has 0 amide bonds. The van der Waals surface area contributed by atoms with Gasteiger partial charge in [-0.2, -0.15) is 5.10 Å². The lowest BCUT2D eigenvalue weighted by molar-refractivity contribution is 0.360. The minimum atomic E-state index is 0.227. The summed E-state index contributed by atoms with van der Waals surface area (Å²) in [5.74, 6) is 0.227. The molecule has 6 nitrogen and oxygen atoms in total. The molecule has 0 spiro atoms. The maximum absolute atomic E-state index is 5.61. The van der Waals surface area contributed by atoms with Crippen LogP contribution in [0.2, 0.25) is 0 Å². The Balaban J connectivity index is 2.60. The number of benzene rings is 1. The van der Waals surface area contributed by atoms with E-state index in [1.165, 1.54) is 0 Å². The zero-order valence-corrected chi connectivity index (χ0v) is 9.38. The molecule has 0 heterocycles. The summed E-state index contributed by atoms with van der Waals surface area (Å²) in [6, 6.07) is 7.34. The van der Waals surface area contributed by atoms with Gasteiger partial charge >= 0.3 is 0 Å². The smallest absolute Gasteiger partial charge is 0.228 e. The number of hydrogen-bond donors (Lipinski definition) is 3. The van der Waals surface area contributed by atoms with E-state index in [0.717, 1.165) is 5.56 Å². The summed E-state index contributed by atoms with van der Waals surface area (Å²) >= 11 is 0. The number of hydrogen-bond acceptors (Lipinski definition) is 4. The molecule has 0 saturated carbocycles. The van der Waals surface area contributed by atoms with Gasteiger partial charge in [-0.3, -0.25) is 5.43 Å². The van der Waals surface area contributed by atoms with Crippen LogP contribution in [0, 0.1) is 0 Å². The van der Waals surface area contributed by atoms with Gasteiger partial charge in [0.2, 0.25) is 5.96 Å². The molecule has 1 aromatic carbocycles. The molecule has 0 aliphatic carbocycles. The number of guanidine groups is 1. The molecule has 86 valence electrons. The number of rotatable bonds is 3. The lowest BCUT2D eigenvalue weighted by Gasteiger charge is -2.10. The van der Waals surface area contributed by atoms with Crippen LogP contribution in [0.1, 0.15) is 5.56 Å². The summed E-state index contributed by atoms with van der Waals surface area (Å²) in [7, 11) is 3.62. The standard InChI is InChI=1S/C10H16N6/c1-16(2)15-10(12)14-13-7-8-4-3-5-9(11)6-8/h3-7H,11H2,1-2H3,(H3,12,14,15). The van der Waals surface area contributed by atoms with Crippen LogP contribution in [0.4, 0.5) is 5.69 Å². The van der Waals surface area contributed by atoms with Gasteiger partial charge in [-0.15, -0.1) is 5.10 Å². The summed E-state index contributed by atoms with van der Waals surface area (Å²) in [6.07, 6.45) is 1.58. The van der Waals surface area contributed by atoms with E-state index < -0.39 is 0 Å². The fraction of sp³-hybridized carbons (Fsp3) is 0.200. The lowest BCUT2D eigenvalue weighted by Crippen LogP contribution is -2.41. The predicted molar refractivity (Wildman–Crippen MR) is 66.9 cm³/mol. The second kappa shape index (κ2) is 5.72. The Bertz CT molecular complexity index is 396. The van der Waals surface area contributed by atoms with Crippen LogP contribution in [0.5, 0.6) is 0 Å². The van der Waals surface area contributed by atoms with Crippen LogP contribution in [0.25, 0.3) is 0 Å². The Morgan fingerprint density at radius 2 is 2.19 bits per heavy atom. The number of nitrogen functional groups attached to an aromatic ring is 1. The zero-order valence-electron chi connectivity index (χ0n) is 9.38. The summed E-state index contributed by atoms with van der Waals surface area (Å²) in [5, 5.41) is 9.26. The molecule has 0 atom stereocenters. The molecule has 0 unspecified atom stereocenters. The molecule has 1 aromatic rings. The van der Waals surface area contributed by atoms with Crippen LogP contribution in [-0.2, 0) is 0 Å². The molecule has 0 saturated heterocycles. The lowest BCUT2D eigenvalue weighted by atomic mass is 10.2. The molecule has 5 N–H and O–H groups in total. The first-order chi connectivity index (χ1) is 7.58. The minimum Gasteiger partial charge on any atom is -0.399 e. The van der Waals surface area contributed by atoms with Gasteiger partial charge in [0.15, 0.2) is 0 Å². The Kier molecular flexibility index (Phi) is 4.28. The van der Waals surface area contributed by atoms with Crippen LogP contribution < -0.4 is 16.9 Å². The van der Waals surface area contributed by atoms with E-state index in [4.69, 9.17) is 11.5 Å². The number of nitrogens with zero attached hydrogens (tertiary/aromatic N) is 3. The van der Waals surface area contributed by atoms with Gasteiger partial charge in [0.1, 0.15) is 0 Å². The van der Waals surface area contributed by atoms with Crippen molar-refractivity contribution < 1.29 is 0 Å². The fourth-order valence-electron chi connectivity index (χ4n) is 1.05. The fourth-order valence-corrected chi connectivity index (χ4v) is 1.05. The second-order valence-electron chi connectivity index (χ2n) is 3.41. The molecule has 0 aliphatic rings. The highest BCUT2D eigenvalue weighted by Gasteiger charge is 1.91. The van der Waals surface area contributed by atoms with Gasteiger partial charge in [0, 0.05) is 19.8 Å². The Hall–Kier alpha value is -2.08. The van der Waals surface area contributed by atoms with Crippen LogP contribution in [-0.4, -0.2) is 31.3 Å². The molecular weight excluding hydrogens is 204 g/mol. The monoisotopic (exact) mass is 220 g/mol. The number of nitrogens with one attached hydrogen (secondary N) is 1. The third kappa shape index (κ3) is 4.43. The Labute approximate surface area is 94.6 Å². The average Bonchev–Trinajstić information content (AvgIpc) is 2.16. The van der Waals surface area contributed by atoms with Crippen LogP contribution in [0.3, 0.4) is 0 Å². The molecule has 0 aromatic heterocycles. The van der Waals surface area contributed by atoms with E-state index >= 15 is 0 Å². The van der Waals surface area contributed by atoms with Crippen LogP contribution >= 0.6 is 0 Å². The van der Waals surface area contributed by atoms with Crippen molar-refractivity contribution in [3.8, 4) is 0 Å². The van der Waals surface area contributed by atoms with Crippen molar-refractivity contribution in [3.05, 3.63) is 29.8 Å². The van der Waals surface area contributed by atoms with Crippen molar-refractivity contribution in [2.45, 2.75) is 0 Å². The summed E-state index contributed by atoms with van der Waals surface area (Å²) in [5.41, 5.74) is 15.5. The van der Waals surface area contributed by atoms with Gasteiger partial charge in [0.05, 0.1) is 6.21 Å². The first-order valence-corrected chi connectivity index (χ1v) is 4.74. The van der Waals surface area contributed by atoms with Crippen molar-refractivity contribution in [1.82, 2.24) is 10.4 Å². The maximum Gasteiger partial charge on any atom is 0.228 e. The summed E-state index contributed by atoms with van der Waals surface area (Å²) in [6.45, 7) is 0. The first kappa shape index (κ1) is 12.0. The SMILES string of the molecule is CN(C)NC(N)=NN=Cc1cccc(N)c1. The third-order valence-corrected chi connectivity index (χ3v) is 1.62. The summed E-state index contributed by atoms with van der Waals surface area (Å²) < 4.78 is 0. The Morgan fingerprint density at radius 3 is 2.81 bits per heavy atom. The van der Waals surface area contributed by atoms with Crippen molar-refractivity contribution >= 4 is 17.9 Å². The topological polar surface area (TPSA) is 92.0 Å². The average molecular weight is 220 g/mol. The molecule has 1 rings (SSSR count). The van der Waals surface area contributed by atoms with Gasteiger partial charge in [0.25, 0.3) is 0 Å². The quantitative estimate of drug-likeness (QED) is 0.289. The van der Waals surface area contributed by atoms with Crippen molar-refractivity contribution in [2.24, 2.45) is 15.9 Å². The van der Waals surface area contributed by atoms with E-state index in [1.807, 2.05) is 32.3 Å². The van der Waals surface area contributed by atoms with Crippen molar-refractivity contribution in [3.63, 3.8) is 0 Å². The minimum absolute atomic E-state index is 0.227.